The van der Waals surface area contributed by atoms with Gasteiger partial charge in [-0.25, -0.2) is 9.78 Å². The Balaban J connectivity index is 1.28. The van der Waals surface area contributed by atoms with Crippen molar-refractivity contribution < 1.29 is 23.9 Å². The summed E-state index contributed by atoms with van der Waals surface area (Å²) in [6.07, 6.45) is 5.08. The molecule has 2 atom stereocenters. The maximum atomic E-state index is 13.3. The molecule has 1 aromatic heterocycles. The van der Waals surface area contributed by atoms with E-state index < -0.39 is 5.97 Å². The van der Waals surface area contributed by atoms with Gasteiger partial charge < -0.3 is 4.74 Å². The van der Waals surface area contributed by atoms with Gasteiger partial charge in [0, 0.05) is 21.0 Å². The van der Waals surface area contributed by atoms with Crippen molar-refractivity contribution in [3.8, 4) is 11.3 Å². The maximum absolute atomic E-state index is 13.3. The second-order valence-electron chi connectivity index (χ2n) is 10.3. The normalized spacial score (nSPS) is 18.0. The summed E-state index contributed by atoms with van der Waals surface area (Å²) >= 11 is 3.45. The van der Waals surface area contributed by atoms with E-state index in [1.165, 1.54) is 4.90 Å². The van der Waals surface area contributed by atoms with E-state index in [1.807, 2.05) is 37.3 Å². The highest BCUT2D eigenvalue weighted by Crippen LogP contribution is 2.38. The van der Waals surface area contributed by atoms with Gasteiger partial charge in [0.15, 0.2) is 12.4 Å². The molecule has 4 aromatic rings. The van der Waals surface area contributed by atoms with E-state index in [-0.39, 0.29) is 41.6 Å². The zero-order valence-corrected chi connectivity index (χ0v) is 23.8. The van der Waals surface area contributed by atoms with Crippen molar-refractivity contribution in [3.05, 3.63) is 106 Å². The van der Waals surface area contributed by atoms with Crippen molar-refractivity contribution in [3.63, 3.8) is 0 Å². The van der Waals surface area contributed by atoms with Gasteiger partial charge in [0.1, 0.15) is 0 Å². The second kappa shape index (κ2) is 10.9. The van der Waals surface area contributed by atoms with Crippen LogP contribution in [0.5, 0.6) is 0 Å². The fourth-order valence-electron chi connectivity index (χ4n) is 5.38. The monoisotopic (exact) mass is 608 g/mol. The minimum atomic E-state index is -0.640. The first kappa shape index (κ1) is 26.8. The number of halogens is 1. The molecule has 2 amide bonds. The smallest absolute Gasteiger partial charge is 0.339 e. The van der Waals surface area contributed by atoms with Crippen LogP contribution in [-0.2, 0) is 14.3 Å². The van der Waals surface area contributed by atoms with Crippen molar-refractivity contribution in [2.45, 2.75) is 19.8 Å². The number of rotatable bonds is 6. The lowest BCUT2D eigenvalue weighted by Gasteiger charge is -2.15. The van der Waals surface area contributed by atoms with Crippen LogP contribution in [0.4, 0.5) is 5.69 Å². The number of ether oxygens (including phenoxy) is 1. The van der Waals surface area contributed by atoms with Gasteiger partial charge in [-0.2, -0.15) is 0 Å². The molecular weight excluding hydrogens is 584 g/mol. The summed E-state index contributed by atoms with van der Waals surface area (Å²) < 4.78 is 6.22. The van der Waals surface area contributed by atoms with Crippen LogP contribution in [0.25, 0.3) is 22.2 Å². The van der Waals surface area contributed by atoms with E-state index in [0.29, 0.717) is 46.3 Å². The summed E-state index contributed by atoms with van der Waals surface area (Å²) in [6, 6.07) is 21.1. The van der Waals surface area contributed by atoms with Crippen LogP contribution >= 0.6 is 15.9 Å². The summed E-state index contributed by atoms with van der Waals surface area (Å²) in [5, 5.41) is 0.581. The number of hydrogen-bond acceptors (Lipinski definition) is 6. The molecule has 0 bridgehead atoms. The minimum absolute atomic E-state index is 0.170. The molecule has 2 aliphatic rings. The number of amides is 2. The lowest BCUT2D eigenvalue weighted by molar-refractivity contribution is -0.122. The molecule has 8 heteroatoms. The van der Waals surface area contributed by atoms with Crippen LogP contribution in [0.3, 0.4) is 0 Å². The molecule has 1 aliphatic heterocycles. The third-order valence-corrected chi connectivity index (χ3v) is 8.12. The number of Topliss-reactive ketones (excluding diaryl/α,β-unsaturated/α-hetero) is 1. The molecule has 1 aliphatic carbocycles. The highest BCUT2D eigenvalue weighted by atomic mass is 79.9. The average molecular weight is 609 g/mol. The van der Waals surface area contributed by atoms with E-state index in [2.05, 4.69) is 15.9 Å². The summed E-state index contributed by atoms with van der Waals surface area (Å²) in [6.45, 7) is 1.54. The number of fused-ring (bicyclic) bond motifs is 2. The highest BCUT2D eigenvalue weighted by molar-refractivity contribution is 9.10. The number of hydrogen-bond donors (Lipinski definition) is 0. The van der Waals surface area contributed by atoms with Crippen molar-refractivity contribution in [1.82, 2.24) is 4.98 Å². The van der Waals surface area contributed by atoms with E-state index >= 15 is 0 Å². The number of pyridine rings is 1. The number of anilines is 1. The summed E-state index contributed by atoms with van der Waals surface area (Å²) in [5.41, 5.74) is 4.07. The highest BCUT2D eigenvalue weighted by Gasteiger charge is 2.47. The van der Waals surface area contributed by atoms with E-state index in [9.17, 15) is 19.2 Å². The van der Waals surface area contributed by atoms with Crippen molar-refractivity contribution >= 4 is 56.1 Å². The molecule has 6 rings (SSSR count). The Morgan fingerprint density at radius 2 is 1.56 bits per heavy atom. The summed E-state index contributed by atoms with van der Waals surface area (Å²) in [5.74, 6) is -1.89. The minimum Gasteiger partial charge on any atom is -0.454 e. The number of aryl methyl sites for hydroxylation is 1. The maximum Gasteiger partial charge on any atom is 0.339 e. The standard InChI is InChI=1S/C33H25BrN2O5/c1-19-6-8-21(9-7-19)30(37)18-41-33(40)27-17-29(35-28-15-12-22(34)16-26(27)28)20-10-13-23(14-11-20)36-31(38)24-4-2-3-5-25(24)32(36)39/h2-3,6-17,24-25H,4-5,18H2,1H3/t24-,25+. The van der Waals surface area contributed by atoms with Crippen molar-refractivity contribution in [2.75, 3.05) is 11.5 Å². The molecule has 204 valence electrons. The Morgan fingerprint density at radius 3 is 2.22 bits per heavy atom. The lowest BCUT2D eigenvalue weighted by Crippen LogP contribution is -2.30. The van der Waals surface area contributed by atoms with Crippen LogP contribution in [0.1, 0.15) is 39.1 Å². The molecule has 2 heterocycles. The van der Waals surface area contributed by atoms with E-state index in [0.717, 1.165) is 10.0 Å². The van der Waals surface area contributed by atoms with Gasteiger partial charge in [-0.3, -0.25) is 19.3 Å². The van der Waals surface area contributed by atoms with Gasteiger partial charge in [0.25, 0.3) is 0 Å². The molecule has 7 nitrogen and oxygen atoms in total. The SMILES string of the molecule is Cc1ccc(C(=O)COC(=O)c2cc(-c3ccc(N4C(=O)[C@H]5CC=CC[C@H]5C4=O)cc3)nc3ccc(Br)cc23)cc1. The Morgan fingerprint density at radius 1 is 0.902 bits per heavy atom. The Labute approximate surface area is 245 Å². The number of nitrogens with zero attached hydrogens (tertiary/aromatic N) is 2. The number of allylic oxidation sites excluding steroid dienone is 2. The topological polar surface area (TPSA) is 93.6 Å². The largest absolute Gasteiger partial charge is 0.454 e. The predicted octanol–water partition coefficient (Wildman–Crippen LogP) is 6.47. The van der Waals surface area contributed by atoms with Gasteiger partial charge >= 0.3 is 5.97 Å². The molecular formula is C33H25BrN2O5. The number of carbonyl (C=O) groups is 4. The molecule has 0 radical (unpaired) electrons. The summed E-state index contributed by atoms with van der Waals surface area (Å²) in [4.78, 5) is 57.9. The Hall–Kier alpha value is -4.43. The molecule has 0 spiro atoms. The van der Waals surface area contributed by atoms with Crippen LogP contribution in [0.2, 0.25) is 0 Å². The number of benzene rings is 3. The molecule has 1 saturated heterocycles. The van der Waals surface area contributed by atoms with Gasteiger partial charge in [-0.05, 0) is 56.2 Å². The lowest BCUT2D eigenvalue weighted by atomic mass is 9.85. The average Bonchev–Trinajstić information content (AvgIpc) is 3.25. The number of aromatic nitrogens is 1. The van der Waals surface area contributed by atoms with E-state index in [1.54, 1.807) is 54.6 Å². The van der Waals surface area contributed by atoms with E-state index in [4.69, 9.17) is 9.72 Å². The van der Waals surface area contributed by atoms with Crippen LogP contribution in [0, 0.1) is 18.8 Å². The molecule has 0 unspecified atom stereocenters. The fourth-order valence-corrected chi connectivity index (χ4v) is 5.74. The molecule has 3 aromatic carbocycles. The number of carbonyl (C=O) groups excluding carboxylic acids is 4. The second-order valence-corrected chi connectivity index (χ2v) is 11.2. The molecule has 0 N–H and O–H groups in total. The number of imide groups is 1. The first-order valence-electron chi connectivity index (χ1n) is 13.3. The van der Waals surface area contributed by atoms with Gasteiger partial charge in [-0.15, -0.1) is 0 Å². The third kappa shape index (κ3) is 5.11. The van der Waals surface area contributed by atoms with Gasteiger partial charge in [0.2, 0.25) is 11.8 Å². The van der Waals surface area contributed by atoms with Gasteiger partial charge in [0.05, 0.1) is 34.3 Å². The van der Waals surface area contributed by atoms with Gasteiger partial charge in [-0.1, -0.05) is 70.0 Å². The van der Waals surface area contributed by atoms with Crippen molar-refractivity contribution in [2.24, 2.45) is 11.8 Å². The quantitative estimate of drug-likeness (QED) is 0.108. The Kier molecular flexibility index (Phi) is 7.09. The first-order valence-corrected chi connectivity index (χ1v) is 14.1. The molecule has 1 fully saturated rings. The van der Waals surface area contributed by atoms with Crippen LogP contribution in [0.15, 0.2) is 89.4 Å². The van der Waals surface area contributed by atoms with Crippen LogP contribution in [-0.4, -0.2) is 35.2 Å². The molecule has 41 heavy (non-hydrogen) atoms. The third-order valence-electron chi connectivity index (χ3n) is 7.63. The first-order chi connectivity index (χ1) is 19.8. The van der Waals surface area contributed by atoms with Crippen molar-refractivity contribution in [1.29, 1.82) is 0 Å². The number of esters is 1. The summed E-state index contributed by atoms with van der Waals surface area (Å²) in [7, 11) is 0. The Bertz CT molecular complexity index is 1720. The zero-order chi connectivity index (χ0) is 28.7. The van der Waals surface area contributed by atoms with Crippen LogP contribution < -0.4 is 4.90 Å². The zero-order valence-electron chi connectivity index (χ0n) is 22.2. The molecule has 0 saturated carbocycles. The number of ketones is 1. The fraction of sp³-hybridized carbons (Fsp3) is 0.182. The predicted molar refractivity (Wildman–Crippen MR) is 159 cm³/mol.